The van der Waals surface area contributed by atoms with E-state index in [2.05, 4.69) is 10.3 Å². The number of amides is 2. The van der Waals surface area contributed by atoms with Crippen LogP contribution in [0.3, 0.4) is 0 Å². The minimum absolute atomic E-state index is 0.0121. The second-order valence-corrected chi connectivity index (χ2v) is 9.76. The number of hydrogen-bond acceptors (Lipinski definition) is 8. The SMILES string of the molecule is Nc1nc(C(=CCC(=O)O)C(=O)N[C@@H]2C(=O)N3C(C(=O)O)=C(CC[n+]4ccccc4)CS[C@@H]23)cs1. The number of carboxylic acid groups (broad SMARTS) is 2. The quantitative estimate of drug-likeness (QED) is 0.213. The molecular formula is C22H22N5O6S2+. The van der Waals surface area contributed by atoms with Crippen molar-refractivity contribution in [3.05, 3.63) is 59.0 Å². The van der Waals surface area contributed by atoms with Crippen molar-refractivity contribution in [2.24, 2.45) is 0 Å². The molecule has 35 heavy (non-hydrogen) atoms. The van der Waals surface area contributed by atoms with Gasteiger partial charge in [-0.2, -0.15) is 0 Å². The first-order valence-corrected chi connectivity index (χ1v) is 12.5. The normalized spacial score (nSPS) is 19.7. The van der Waals surface area contributed by atoms with Crippen LogP contribution in [0.2, 0.25) is 0 Å². The molecule has 0 aliphatic carbocycles. The van der Waals surface area contributed by atoms with Crippen LogP contribution in [0.4, 0.5) is 5.13 Å². The highest BCUT2D eigenvalue weighted by Crippen LogP contribution is 2.41. The lowest BCUT2D eigenvalue weighted by molar-refractivity contribution is -0.696. The molecule has 182 valence electrons. The van der Waals surface area contributed by atoms with Gasteiger partial charge in [-0.25, -0.2) is 14.3 Å². The topological polar surface area (TPSA) is 167 Å². The van der Waals surface area contributed by atoms with Crippen molar-refractivity contribution >= 4 is 57.6 Å². The maximum Gasteiger partial charge on any atom is 0.352 e. The highest BCUT2D eigenvalue weighted by Gasteiger charge is 2.54. The van der Waals surface area contributed by atoms with Crippen LogP contribution >= 0.6 is 23.1 Å². The molecule has 2 aliphatic rings. The van der Waals surface area contributed by atoms with E-state index < -0.39 is 41.6 Å². The summed E-state index contributed by atoms with van der Waals surface area (Å²) in [5, 5.41) is 22.6. The molecule has 1 saturated heterocycles. The predicted molar refractivity (Wildman–Crippen MR) is 128 cm³/mol. The number of fused-ring (bicyclic) bond motifs is 1. The number of carbonyl (C=O) groups is 4. The van der Waals surface area contributed by atoms with Crippen molar-refractivity contribution in [2.45, 2.75) is 30.8 Å². The molecule has 0 bridgehead atoms. The number of nitrogens with two attached hydrogens (primary N) is 1. The molecular weight excluding hydrogens is 494 g/mol. The molecule has 4 rings (SSSR count). The highest BCUT2D eigenvalue weighted by molar-refractivity contribution is 8.00. The zero-order valence-corrected chi connectivity index (χ0v) is 19.9. The van der Waals surface area contributed by atoms with Gasteiger partial charge in [-0.15, -0.1) is 23.1 Å². The average Bonchev–Trinajstić information content (AvgIpc) is 3.26. The molecule has 0 spiro atoms. The van der Waals surface area contributed by atoms with Crippen molar-refractivity contribution in [1.29, 1.82) is 0 Å². The first kappa shape index (κ1) is 24.4. The molecule has 11 nitrogen and oxygen atoms in total. The molecule has 13 heteroatoms. The minimum atomic E-state index is -1.19. The first-order valence-electron chi connectivity index (χ1n) is 10.5. The van der Waals surface area contributed by atoms with Crippen LogP contribution in [-0.4, -0.2) is 61.0 Å². The number of hydrogen-bond donors (Lipinski definition) is 4. The standard InChI is InChI=1S/C22H21N5O6S2/c23-22-24-14(11-35-22)13(4-5-15(28)29)18(30)25-16-19(31)27-17(21(32)33)12(10-34-20(16)27)6-9-26-7-2-1-3-8-26/h1-4,7-8,11,16,20H,5-6,9-10H2,(H4-,23,24,25,28,29,30,32,33)/p+1/t16-,20+/m1/s1. The monoisotopic (exact) mass is 516 g/mol. The summed E-state index contributed by atoms with van der Waals surface area (Å²) in [6.45, 7) is 0.564. The Morgan fingerprint density at radius 2 is 2.00 bits per heavy atom. The first-order chi connectivity index (χ1) is 16.8. The van der Waals surface area contributed by atoms with Gasteiger partial charge in [-0.1, -0.05) is 12.1 Å². The third-order valence-electron chi connectivity index (χ3n) is 5.51. The molecule has 2 aliphatic heterocycles. The molecule has 0 aromatic carbocycles. The van der Waals surface area contributed by atoms with Crippen molar-refractivity contribution in [3.8, 4) is 0 Å². The second-order valence-electron chi connectivity index (χ2n) is 7.77. The third kappa shape index (κ3) is 5.20. The Bertz CT molecular complexity index is 1240. The number of nitrogens with zero attached hydrogens (tertiary/aromatic N) is 3. The van der Waals surface area contributed by atoms with E-state index in [1.54, 1.807) is 0 Å². The average molecular weight is 517 g/mol. The van der Waals surface area contributed by atoms with Gasteiger partial charge in [-0.3, -0.25) is 19.3 Å². The van der Waals surface area contributed by atoms with Crippen LogP contribution in [0, 0.1) is 0 Å². The second kappa shape index (κ2) is 10.3. The summed E-state index contributed by atoms with van der Waals surface area (Å²) in [5.41, 5.74) is 6.44. The Kier molecular flexibility index (Phi) is 7.17. The van der Waals surface area contributed by atoms with Gasteiger partial charge >= 0.3 is 11.9 Å². The Labute approximate surface area is 208 Å². The molecule has 4 heterocycles. The summed E-state index contributed by atoms with van der Waals surface area (Å²) in [6.07, 6.45) is 5.02. The fourth-order valence-corrected chi connectivity index (χ4v) is 5.81. The largest absolute Gasteiger partial charge is 0.481 e. The number of nitrogens with one attached hydrogen (secondary N) is 1. The van der Waals surface area contributed by atoms with Gasteiger partial charge < -0.3 is 21.3 Å². The van der Waals surface area contributed by atoms with Crippen molar-refractivity contribution in [1.82, 2.24) is 15.2 Å². The number of aromatic nitrogens is 2. The molecule has 1 fully saturated rings. The summed E-state index contributed by atoms with van der Waals surface area (Å²) in [4.78, 5) is 54.2. The molecule has 2 atom stereocenters. The Hall–Kier alpha value is -3.71. The fourth-order valence-electron chi connectivity index (χ4n) is 3.86. The van der Waals surface area contributed by atoms with Gasteiger partial charge in [0, 0.05) is 29.7 Å². The summed E-state index contributed by atoms with van der Waals surface area (Å²) in [6, 6.07) is 4.70. The number of pyridine rings is 1. The van der Waals surface area contributed by atoms with Gasteiger partial charge in [0.05, 0.1) is 17.7 Å². The summed E-state index contributed by atoms with van der Waals surface area (Å²) in [7, 11) is 0. The van der Waals surface area contributed by atoms with E-state index in [9.17, 15) is 24.3 Å². The Morgan fingerprint density at radius 1 is 1.26 bits per heavy atom. The Morgan fingerprint density at radius 3 is 2.63 bits per heavy atom. The summed E-state index contributed by atoms with van der Waals surface area (Å²) < 4.78 is 1.93. The zero-order valence-electron chi connectivity index (χ0n) is 18.3. The van der Waals surface area contributed by atoms with Gasteiger partial charge in [-0.05, 0) is 5.57 Å². The number of aryl methyl sites for hydroxylation is 1. The van der Waals surface area contributed by atoms with E-state index in [0.29, 0.717) is 24.3 Å². The van der Waals surface area contributed by atoms with Crippen LogP contribution in [0.5, 0.6) is 0 Å². The lowest BCUT2D eigenvalue weighted by atomic mass is 10.0. The number of aliphatic carboxylic acids is 2. The lowest BCUT2D eigenvalue weighted by Crippen LogP contribution is -2.70. The van der Waals surface area contributed by atoms with E-state index in [-0.39, 0.29) is 22.1 Å². The third-order valence-corrected chi connectivity index (χ3v) is 7.52. The number of carbonyl (C=O) groups excluding carboxylic acids is 2. The van der Waals surface area contributed by atoms with Gasteiger partial charge in [0.15, 0.2) is 24.1 Å². The Balaban J connectivity index is 1.50. The number of rotatable bonds is 9. The number of nitrogen functional groups attached to an aromatic ring is 1. The van der Waals surface area contributed by atoms with Crippen molar-refractivity contribution < 1.29 is 34.0 Å². The molecule has 0 saturated carbocycles. The van der Waals surface area contributed by atoms with E-state index in [0.717, 1.165) is 11.3 Å². The molecule has 2 aromatic heterocycles. The number of thioether (sulfide) groups is 1. The van der Waals surface area contributed by atoms with Gasteiger partial charge in [0.25, 0.3) is 11.8 Å². The van der Waals surface area contributed by atoms with E-state index in [4.69, 9.17) is 10.8 Å². The predicted octanol–water partition coefficient (Wildman–Crippen LogP) is 0.700. The zero-order chi connectivity index (χ0) is 25.1. The van der Waals surface area contributed by atoms with Crippen molar-refractivity contribution in [2.75, 3.05) is 11.5 Å². The highest BCUT2D eigenvalue weighted by atomic mass is 32.2. The van der Waals surface area contributed by atoms with Crippen LogP contribution in [0.25, 0.3) is 5.57 Å². The number of carboxylic acids is 2. The summed E-state index contributed by atoms with van der Waals surface area (Å²) in [5.74, 6) is -3.14. The molecule has 0 unspecified atom stereocenters. The van der Waals surface area contributed by atoms with E-state index >= 15 is 0 Å². The maximum atomic E-state index is 13.0. The van der Waals surface area contributed by atoms with Crippen LogP contribution in [0.1, 0.15) is 18.5 Å². The van der Waals surface area contributed by atoms with Crippen LogP contribution in [-0.2, 0) is 25.7 Å². The van der Waals surface area contributed by atoms with Gasteiger partial charge in [0.1, 0.15) is 17.1 Å². The molecule has 2 amide bonds. The maximum absolute atomic E-state index is 13.0. The molecule has 5 N–H and O–H groups in total. The lowest BCUT2D eigenvalue weighted by Gasteiger charge is -2.49. The van der Waals surface area contributed by atoms with Crippen molar-refractivity contribution in [3.63, 3.8) is 0 Å². The molecule has 0 radical (unpaired) electrons. The van der Waals surface area contributed by atoms with Crippen LogP contribution < -0.4 is 15.6 Å². The summed E-state index contributed by atoms with van der Waals surface area (Å²) >= 11 is 2.47. The van der Waals surface area contributed by atoms with Crippen LogP contribution in [0.15, 0.2) is 53.3 Å². The van der Waals surface area contributed by atoms with E-state index in [1.807, 2.05) is 35.2 Å². The number of anilines is 1. The number of β-lactam (4-membered cyclic amide) rings is 1. The smallest absolute Gasteiger partial charge is 0.352 e. The fraction of sp³-hybridized carbons (Fsp3) is 0.273. The molecule has 2 aromatic rings. The minimum Gasteiger partial charge on any atom is -0.481 e. The number of thiazole rings is 1. The van der Waals surface area contributed by atoms with Gasteiger partial charge in [0.2, 0.25) is 0 Å². The van der Waals surface area contributed by atoms with E-state index in [1.165, 1.54) is 28.1 Å².